The highest BCUT2D eigenvalue weighted by Crippen LogP contribution is 2.27. The molecule has 10 heteroatoms. The third-order valence-corrected chi connectivity index (χ3v) is 5.05. The summed E-state index contributed by atoms with van der Waals surface area (Å²) in [5.41, 5.74) is 0.0227. The molecular formula is C26H36N2O8. The minimum Gasteiger partial charge on any atom is -0.463 e. The van der Waals surface area contributed by atoms with Crippen LogP contribution in [0.2, 0.25) is 0 Å². The molecule has 0 aliphatic rings. The standard InChI is InChI=1S/C26H36N2O8/c1-7-21(29)33-14-9-10-15-35-23(31)27-25(3,4)19-12-11-13-20(18-19)26(5,6)28-24(32)36-17-16-34-22(30)8-2/h7-8,11-13,18H,1-2,9-10,14-17H2,3-6H3,(H,27,31)(H,28,32). The number of esters is 2. The van der Waals surface area contributed by atoms with Gasteiger partial charge in [0.05, 0.1) is 24.3 Å². The third-order valence-electron chi connectivity index (χ3n) is 5.05. The van der Waals surface area contributed by atoms with Gasteiger partial charge in [-0.25, -0.2) is 19.2 Å². The van der Waals surface area contributed by atoms with Crippen molar-refractivity contribution in [3.05, 3.63) is 60.7 Å². The van der Waals surface area contributed by atoms with Gasteiger partial charge in [-0.15, -0.1) is 0 Å². The Kier molecular flexibility index (Phi) is 12.2. The van der Waals surface area contributed by atoms with E-state index in [2.05, 4.69) is 23.8 Å². The first-order valence-corrected chi connectivity index (χ1v) is 11.5. The summed E-state index contributed by atoms with van der Waals surface area (Å²) < 4.78 is 19.9. The molecular weight excluding hydrogens is 468 g/mol. The fourth-order valence-electron chi connectivity index (χ4n) is 2.96. The smallest absolute Gasteiger partial charge is 0.407 e. The fraction of sp³-hybridized carbons (Fsp3) is 0.462. The van der Waals surface area contributed by atoms with Crippen LogP contribution in [0.3, 0.4) is 0 Å². The Labute approximate surface area is 212 Å². The SMILES string of the molecule is C=CC(=O)OCCCCOC(=O)NC(C)(C)c1cccc(C(C)(C)NC(=O)OCCOC(=O)C=C)c1. The summed E-state index contributed by atoms with van der Waals surface area (Å²) in [5.74, 6) is -1.08. The van der Waals surface area contributed by atoms with Crippen molar-refractivity contribution in [1.29, 1.82) is 0 Å². The zero-order valence-corrected chi connectivity index (χ0v) is 21.4. The fourth-order valence-corrected chi connectivity index (χ4v) is 2.96. The number of carbonyl (C=O) groups is 4. The summed E-state index contributed by atoms with van der Waals surface area (Å²) in [7, 11) is 0. The minimum absolute atomic E-state index is 0.0765. The van der Waals surface area contributed by atoms with Gasteiger partial charge in [0.25, 0.3) is 0 Å². The first-order valence-electron chi connectivity index (χ1n) is 11.5. The molecule has 0 heterocycles. The lowest BCUT2D eigenvalue weighted by molar-refractivity contribution is -0.139. The molecule has 0 saturated heterocycles. The summed E-state index contributed by atoms with van der Waals surface area (Å²) in [6.07, 6.45) is 1.98. The lowest BCUT2D eigenvalue weighted by atomic mass is 9.87. The minimum atomic E-state index is -0.795. The number of nitrogens with one attached hydrogen (secondary N) is 2. The molecule has 0 saturated carbocycles. The largest absolute Gasteiger partial charge is 0.463 e. The number of amides is 2. The second kappa shape index (κ2) is 14.6. The number of hydrogen-bond donors (Lipinski definition) is 2. The van der Waals surface area contributed by atoms with Crippen LogP contribution in [0.4, 0.5) is 9.59 Å². The summed E-state index contributed by atoms with van der Waals surface area (Å²) in [4.78, 5) is 46.5. The Morgan fingerprint density at radius 2 is 1.11 bits per heavy atom. The molecule has 2 amide bonds. The number of rotatable bonds is 14. The van der Waals surface area contributed by atoms with Crippen molar-refractivity contribution >= 4 is 24.1 Å². The first-order chi connectivity index (χ1) is 16.9. The molecule has 1 rings (SSSR count). The maximum atomic E-state index is 12.3. The second-order valence-corrected chi connectivity index (χ2v) is 8.80. The summed E-state index contributed by atoms with van der Waals surface area (Å²) >= 11 is 0. The summed E-state index contributed by atoms with van der Waals surface area (Å²) in [6.45, 7) is 14.1. The average molecular weight is 505 g/mol. The monoisotopic (exact) mass is 504 g/mol. The van der Waals surface area contributed by atoms with E-state index in [-0.39, 0.29) is 26.4 Å². The van der Waals surface area contributed by atoms with E-state index in [1.807, 2.05) is 52.0 Å². The van der Waals surface area contributed by atoms with Gasteiger partial charge in [-0.2, -0.15) is 0 Å². The Hall–Kier alpha value is -3.82. The van der Waals surface area contributed by atoms with Gasteiger partial charge in [-0.3, -0.25) is 0 Å². The highest BCUT2D eigenvalue weighted by molar-refractivity contribution is 5.81. The zero-order valence-electron chi connectivity index (χ0n) is 21.4. The number of unbranched alkanes of at least 4 members (excludes halogenated alkanes) is 1. The molecule has 2 N–H and O–H groups in total. The molecule has 0 unspecified atom stereocenters. The van der Waals surface area contributed by atoms with Crippen molar-refractivity contribution in [3.63, 3.8) is 0 Å². The van der Waals surface area contributed by atoms with Crippen LogP contribution in [0, 0.1) is 0 Å². The number of ether oxygens (including phenoxy) is 4. The molecule has 0 radical (unpaired) electrons. The van der Waals surface area contributed by atoms with Gasteiger partial charge in [0.1, 0.15) is 13.2 Å². The molecule has 0 aliphatic carbocycles. The van der Waals surface area contributed by atoms with Crippen molar-refractivity contribution in [2.24, 2.45) is 0 Å². The van der Waals surface area contributed by atoms with E-state index < -0.39 is 35.2 Å². The van der Waals surface area contributed by atoms with Gasteiger partial charge >= 0.3 is 24.1 Å². The van der Waals surface area contributed by atoms with Crippen LogP contribution in [0.5, 0.6) is 0 Å². The highest BCUT2D eigenvalue weighted by Gasteiger charge is 2.28. The third kappa shape index (κ3) is 11.1. The van der Waals surface area contributed by atoms with E-state index in [1.165, 1.54) is 0 Å². The maximum absolute atomic E-state index is 12.3. The Morgan fingerprint density at radius 1 is 0.722 bits per heavy atom. The molecule has 0 fully saturated rings. The van der Waals surface area contributed by atoms with E-state index in [4.69, 9.17) is 18.9 Å². The van der Waals surface area contributed by atoms with Crippen LogP contribution < -0.4 is 10.6 Å². The van der Waals surface area contributed by atoms with Gasteiger partial charge < -0.3 is 29.6 Å². The number of carbonyl (C=O) groups excluding carboxylic acids is 4. The van der Waals surface area contributed by atoms with E-state index in [1.54, 1.807) is 0 Å². The quantitative estimate of drug-likeness (QED) is 0.169. The van der Waals surface area contributed by atoms with Crippen LogP contribution in [-0.4, -0.2) is 50.6 Å². The van der Waals surface area contributed by atoms with Gasteiger partial charge in [-0.05, 0) is 51.7 Å². The molecule has 1 aromatic carbocycles. The molecule has 1 aromatic rings. The highest BCUT2D eigenvalue weighted by atomic mass is 16.6. The predicted molar refractivity (Wildman–Crippen MR) is 133 cm³/mol. The molecule has 198 valence electrons. The van der Waals surface area contributed by atoms with Crippen molar-refractivity contribution in [2.45, 2.75) is 51.6 Å². The van der Waals surface area contributed by atoms with Crippen molar-refractivity contribution < 1.29 is 38.1 Å². The molecule has 0 bridgehead atoms. The van der Waals surface area contributed by atoms with E-state index in [0.29, 0.717) is 12.8 Å². The molecule has 0 atom stereocenters. The Bertz CT molecular complexity index is 940. The topological polar surface area (TPSA) is 129 Å². The number of hydrogen-bond acceptors (Lipinski definition) is 8. The molecule has 0 aromatic heterocycles. The predicted octanol–water partition coefficient (Wildman–Crippen LogP) is 3.85. The number of alkyl carbamates (subject to hydrolysis) is 2. The number of benzene rings is 1. The van der Waals surface area contributed by atoms with Crippen LogP contribution >= 0.6 is 0 Å². The van der Waals surface area contributed by atoms with Gasteiger partial charge in [-0.1, -0.05) is 37.4 Å². The summed E-state index contributed by atoms with van der Waals surface area (Å²) in [6, 6.07) is 7.41. The van der Waals surface area contributed by atoms with Gasteiger partial charge in [0.15, 0.2) is 0 Å². The molecule has 0 aliphatic heterocycles. The molecule has 10 nitrogen and oxygen atoms in total. The van der Waals surface area contributed by atoms with Crippen molar-refractivity contribution in [2.75, 3.05) is 26.4 Å². The van der Waals surface area contributed by atoms with E-state index >= 15 is 0 Å². The van der Waals surface area contributed by atoms with Gasteiger partial charge in [0, 0.05) is 12.2 Å². The van der Waals surface area contributed by atoms with Crippen molar-refractivity contribution in [1.82, 2.24) is 10.6 Å². The molecule has 36 heavy (non-hydrogen) atoms. The van der Waals surface area contributed by atoms with E-state index in [9.17, 15) is 19.2 Å². The Morgan fingerprint density at radius 3 is 1.58 bits per heavy atom. The lowest BCUT2D eigenvalue weighted by Crippen LogP contribution is -2.43. The molecule has 0 spiro atoms. The van der Waals surface area contributed by atoms with Crippen molar-refractivity contribution in [3.8, 4) is 0 Å². The summed E-state index contributed by atoms with van der Waals surface area (Å²) in [5, 5.41) is 5.62. The Balaban J connectivity index is 2.61. The van der Waals surface area contributed by atoms with E-state index in [0.717, 1.165) is 23.3 Å². The normalized spacial score (nSPS) is 11.0. The van der Waals surface area contributed by atoms with Crippen LogP contribution in [0.25, 0.3) is 0 Å². The first kappa shape index (κ1) is 30.2. The average Bonchev–Trinajstić information content (AvgIpc) is 2.83. The zero-order chi connectivity index (χ0) is 27.2. The van der Waals surface area contributed by atoms with Gasteiger partial charge in [0.2, 0.25) is 0 Å². The van der Waals surface area contributed by atoms with Crippen LogP contribution in [-0.2, 0) is 39.6 Å². The van der Waals surface area contributed by atoms with Crippen LogP contribution in [0.15, 0.2) is 49.6 Å². The van der Waals surface area contributed by atoms with Crippen LogP contribution in [0.1, 0.15) is 51.7 Å². The second-order valence-electron chi connectivity index (χ2n) is 8.80. The lowest BCUT2D eigenvalue weighted by Gasteiger charge is -2.30. The maximum Gasteiger partial charge on any atom is 0.407 e.